The van der Waals surface area contributed by atoms with Crippen molar-refractivity contribution in [1.29, 1.82) is 0 Å². The average molecular weight is 492 g/mol. The van der Waals surface area contributed by atoms with E-state index in [1.807, 2.05) is 6.07 Å². The fourth-order valence-electron chi connectivity index (χ4n) is 3.53. The van der Waals surface area contributed by atoms with Crippen molar-refractivity contribution >= 4 is 30.7 Å². The van der Waals surface area contributed by atoms with Crippen LogP contribution in [0.3, 0.4) is 0 Å². The van der Waals surface area contributed by atoms with Crippen molar-refractivity contribution in [3.8, 4) is 0 Å². The topological polar surface area (TPSA) is 184 Å². The Bertz CT molecular complexity index is 1190. The molecule has 5 atom stereocenters. The normalized spacial score (nSPS) is 22.9. The second-order valence-corrected chi connectivity index (χ2v) is 9.83. The Morgan fingerprint density at radius 2 is 2.12 bits per heavy atom. The van der Waals surface area contributed by atoms with Crippen LogP contribution in [0.5, 0.6) is 0 Å². The maximum atomic E-state index is 12.9. The van der Waals surface area contributed by atoms with Crippen LogP contribution in [0.2, 0.25) is 0 Å². The average Bonchev–Trinajstić information content (AvgIpc) is 3.42. The summed E-state index contributed by atoms with van der Waals surface area (Å²) in [7, 11) is -4.37. The SMILES string of the molecule is CC(NC(=O)OCc1ccccc1)P(=O)(O)O[C@H]1C[C@H](n2cnc3c(N)ncnc32)O[C@@H]1CO. The van der Waals surface area contributed by atoms with Gasteiger partial charge in [-0.2, -0.15) is 0 Å². The zero-order valence-corrected chi connectivity index (χ0v) is 19.1. The lowest BCUT2D eigenvalue weighted by Crippen LogP contribution is -2.35. The van der Waals surface area contributed by atoms with Gasteiger partial charge in [0, 0.05) is 6.42 Å². The summed E-state index contributed by atoms with van der Waals surface area (Å²) >= 11 is 0. The van der Waals surface area contributed by atoms with Gasteiger partial charge < -0.3 is 35.0 Å². The molecule has 1 aliphatic rings. The number of hydrogen-bond acceptors (Lipinski definition) is 10. The Morgan fingerprint density at radius 3 is 2.85 bits per heavy atom. The molecule has 14 heteroatoms. The number of rotatable bonds is 8. The van der Waals surface area contributed by atoms with Crippen LogP contribution in [0, 0.1) is 0 Å². The number of nitrogens with two attached hydrogens (primary N) is 1. The number of aliphatic hydroxyl groups excluding tert-OH is 1. The van der Waals surface area contributed by atoms with Crippen molar-refractivity contribution < 1.29 is 33.4 Å². The summed E-state index contributed by atoms with van der Waals surface area (Å²) in [6.45, 7) is 0.883. The van der Waals surface area contributed by atoms with Gasteiger partial charge in [0.15, 0.2) is 11.5 Å². The van der Waals surface area contributed by atoms with Gasteiger partial charge in [0.2, 0.25) is 0 Å². The monoisotopic (exact) mass is 492 g/mol. The van der Waals surface area contributed by atoms with Gasteiger partial charge in [-0.3, -0.25) is 9.13 Å². The fraction of sp³-hybridized carbons (Fsp3) is 0.400. The number of ether oxygens (including phenoxy) is 2. The van der Waals surface area contributed by atoms with Gasteiger partial charge in [-0.05, 0) is 12.5 Å². The van der Waals surface area contributed by atoms with E-state index in [1.165, 1.54) is 19.6 Å². The predicted molar refractivity (Wildman–Crippen MR) is 119 cm³/mol. The van der Waals surface area contributed by atoms with Crippen LogP contribution in [-0.2, 0) is 25.2 Å². The Kier molecular flexibility index (Phi) is 7.10. The van der Waals surface area contributed by atoms with E-state index in [1.54, 1.807) is 28.8 Å². The molecule has 3 aromatic rings. The maximum Gasteiger partial charge on any atom is 0.408 e. The molecule has 34 heavy (non-hydrogen) atoms. The minimum atomic E-state index is -4.37. The Labute approximate surface area is 194 Å². The number of carbonyl (C=O) groups is 1. The molecule has 0 saturated carbocycles. The molecule has 0 bridgehead atoms. The van der Waals surface area contributed by atoms with Gasteiger partial charge in [-0.25, -0.2) is 19.7 Å². The number of hydrogen-bond donors (Lipinski definition) is 4. The van der Waals surface area contributed by atoms with E-state index in [4.69, 9.17) is 19.7 Å². The smallest absolute Gasteiger partial charge is 0.408 e. The third-order valence-corrected chi connectivity index (χ3v) is 7.05. The summed E-state index contributed by atoms with van der Waals surface area (Å²) < 4.78 is 30.8. The third kappa shape index (κ3) is 5.18. The van der Waals surface area contributed by atoms with Gasteiger partial charge >= 0.3 is 13.7 Å². The van der Waals surface area contributed by atoms with E-state index in [2.05, 4.69) is 20.3 Å². The largest absolute Gasteiger partial charge is 0.445 e. The molecule has 1 amide bonds. The number of nitrogens with one attached hydrogen (secondary N) is 1. The molecule has 0 radical (unpaired) electrons. The van der Waals surface area contributed by atoms with E-state index in [0.29, 0.717) is 11.2 Å². The molecule has 1 aromatic carbocycles. The minimum absolute atomic E-state index is 0.00758. The number of nitrogens with zero attached hydrogens (tertiary/aromatic N) is 4. The number of aliphatic hydroxyl groups is 1. The molecule has 5 N–H and O–H groups in total. The van der Waals surface area contributed by atoms with Crippen LogP contribution in [-0.4, -0.2) is 60.2 Å². The van der Waals surface area contributed by atoms with E-state index >= 15 is 0 Å². The highest BCUT2D eigenvalue weighted by atomic mass is 31.2. The van der Waals surface area contributed by atoms with Gasteiger partial charge in [-0.1, -0.05) is 30.3 Å². The molecule has 13 nitrogen and oxygen atoms in total. The molecule has 0 spiro atoms. The highest BCUT2D eigenvalue weighted by Gasteiger charge is 2.43. The zero-order valence-electron chi connectivity index (χ0n) is 18.2. The number of alkyl carbamates (subject to hydrolysis) is 1. The van der Waals surface area contributed by atoms with Crippen molar-refractivity contribution in [1.82, 2.24) is 24.8 Å². The second-order valence-electron chi connectivity index (χ2n) is 7.72. The quantitative estimate of drug-likeness (QED) is 0.334. The zero-order chi connectivity index (χ0) is 24.3. The fourth-order valence-corrected chi connectivity index (χ4v) is 4.59. The van der Waals surface area contributed by atoms with Gasteiger partial charge in [0.25, 0.3) is 0 Å². The predicted octanol–water partition coefficient (Wildman–Crippen LogP) is 1.53. The van der Waals surface area contributed by atoms with Crippen molar-refractivity contribution in [2.45, 2.75) is 44.2 Å². The summed E-state index contributed by atoms with van der Waals surface area (Å²) in [5.74, 6) is -1.07. The Morgan fingerprint density at radius 1 is 1.35 bits per heavy atom. The van der Waals surface area contributed by atoms with Crippen LogP contribution in [0.1, 0.15) is 25.1 Å². The number of anilines is 1. The van der Waals surface area contributed by atoms with Gasteiger partial charge in [0.05, 0.1) is 12.9 Å². The summed E-state index contributed by atoms with van der Waals surface area (Å²) in [6.07, 6.45) is -0.504. The number of carbonyl (C=O) groups excluding carboxylic acids is 1. The molecule has 1 saturated heterocycles. The molecular weight excluding hydrogens is 467 g/mol. The highest BCUT2D eigenvalue weighted by Crippen LogP contribution is 2.50. The van der Waals surface area contributed by atoms with Crippen LogP contribution in [0.15, 0.2) is 43.0 Å². The molecular formula is C20H25N6O7P. The van der Waals surface area contributed by atoms with Crippen molar-refractivity contribution in [2.75, 3.05) is 12.3 Å². The first kappa shape index (κ1) is 24.0. The summed E-state index contributed by atoms with van der Waals surface area (Å²) in [6, 6.07) is 9.01. The number of aromatic nitrogens is 4. The number of amides is 1. The molecule has 4 rings (SSSR count). The van der Waals surface area contributed by atoms with E-state index in [0.717, 1.165) is 5.56 Å². The number of imidazole rings is 1. The minimum Gasteiger partial charge on any atom is -0.445 e. The molecule has 1 fully saturated rings. The second kappa shape index (κ2) is 10.0. The molecule has 2 aromatic heterocycles. The lowest BCUT2D eigenvalue weighted by Gasteiger charge is -2.24. The van der Waals surface area contributed by atoms with Crippen molar-refractivity contribution in [2.24, 2.45) is 0 Å². The van der Waals surface area contributed by atoms with Crippen LogP contribution >= 0.6 is 7.60 Å². The first-order chi connectivity index (χ1) is 16.3. The van der Waals surface area contributed by atoms with Crippen molar-refractivity contribution in [3.63, 3.8) is 0 Å². The van der Waals surface area contributed by atoms with E-state index in [9.17, 15) is 19.4 Å². The van der Waals surface area contributed by atoms with E-state index in [-0.39, 0.29) is 18.8 Å². The van der Waals surface area contributed by atoms with Crippen LogP contribution < -0.4 is 11.1 Å². The Hall–Kier alpha value is -3.09. The van der Waals surface area contributed by atoms with E-state index < -0.39 is 44.5 Å². The highest BCUT2D eigenvalue weighted by molar-refractivity contribution is 7.53. The summed E-state index contributed by atoms with van der Waals surface area (Å²) in [4.78, 5) is 34.8. The molecule has 0 aliphatic carbocycles. The Balaban J connectivity index is 1.38. The first-order valence-electron chi connectivity index (χ1n) is 10.5. The van der Waals surface area contributed by atoms with Crippen LogP contribution in [0.25, 0.3) is 11.2 Å². The number of benzene rings is 1. The number of fused-ring (bicyclic) bond motifs is 1. The first-order valence-corrected chi connectivity index (χ1v) is 12.1. The maximum absolute atomic E-state index is 12.9. The van der Waals surface area contributed by atoms with Gasteiger partial charge in [-0.15, -0.1) is 0 Å². The lowest BCUT2D eigenvalue weighted by atomic mass is 10.2. The standard InChI is InChI=1S/C20H25N6O7P/c1-12(25-20(28)31-9-13-5-3-2-4-6-13)34(29,30)33-14-7-16(32-15(14)8-27)26-11-24-17-18(21)22-10-23-19(17)26/h2-6,10-12,14-16,27H,7-9H2,1H3,(H,25,28)(H,29,30)(H2,21,22,23)/t12?,14-,15+,16+/m0/s1. The summed E-state index contributed by atoms with van der Waals surface area (Å²) in [5.41, 5.74) is 7.38. The van der Waals surface area contributed by atoms with Crippen molar-refractivity contribution in [3.05, 3.63) is 48.5 Å². The molecule has 182 valence electrons. The molecule has 1 aliphatic heterocycles. The lowest BCUT2D eigenvalue weighted by molar-refractivity contribution is -0.0406. The van der Waals surface area contributed by atoms with Crippen LogP contribution in [0.4, 0.5) is 10.6 Å². The molecule has 2 unspecified atom stereocenters. The summed E-state index contributed by atoms with van der Waals surface area (Å²) in [5, 5.41) is 12.0. The van der Waals surface area contributed by atoms with Gasteiger partial charge in [0.1, 0.15) is 42.7 Å². The number of nitrogen functional groups attached to an aromatic ring is 1. The molecule has 3 heterocycles. The third-order valence-electron chi connectivity index (χ3n) is 5.37.